The fourth-order valence-electron chi connectivity index (χ4n) is 4.71. The summed E-state index contributed by atoms with van der Waals surface area (Å²) in [6.07, 6.45) is 3.49. The van der Waals surface area contributed by atoms with Gasteiger partial charge in [-0.1, -0.05) is 12.1 Å². The molecule has 2 aromatic heterocycles. The number of fused-ring (bicyclic) bond motifs is 2. The predicted octanol–water partition coefficient (Wildman–Crippen LogP) is 5.10. The summed E-state index contributed by atoms with van der Waals surface area (Å²) in [4.78, 5) is 6.90. The quantitative estimate of drug-likeness (QED) is 0.394. The molecule has 31 heavy (non-hydrogen) atoms. The minimum Gasteiger partial charge on any atom is -0.507 e. The molecule has 162 valence electrons. The van der Waals surface area contributed by atoms with Gasteiger partial charge in [-0.25, -0.2) is 0 Å². The Hall–Kier alpha value is -2.54. The van der Waals surface area contributed by atoms with Crippen LogP contribution in [0.25, 0.3) is 21.0 Å². The van der Waals surface area contributed by atoms with Gasteiger partial charge in [-0.05, 0) is 68.6 Å². The van der Waals surface area contributed by atoms with Crippen LogP contribution in [0.2, 0.25) is 0 Å². The number of nitrogens with one attached hydrogen (secondary N) is 1. The molecule has 1 aliphatic rings. The fourth-order valence-corrected chi connectivity index (χ4v) is 5.94. The summed E-state index contributed by atoms with van der Waals surface area (Å²) in [5, 5.41) is 22.7. The molecule has 0 spiro atoms. The van der Waals surface area contributed by atoms with Crippen LogP contribution in [0, 0.1) is 0 Å². The number of nitrogens with zero attached hydrogens (tertiary/aromatic N) is 1. The Morgan fingerprint density at radius 2 is 2.06 bits per heavy atom. The average molecular weight is 437 g/mol. The molecule has 1 fully saturated rings. The van der Waals surface area contributed by atoms with Gasteiger partial charge in [0.2, 0.25) is 0 Å². The Morgan fingerprint density at radius 1 is 1.19 bits per heavy atom. The van der Waals surface area contributed by atoms with Crippen molar-refractivity contribution in [2.75, 3.05) is 19.7 Å². The number of hydrogen-bond donors (Lipinski definition) is 3. The number of β-amino-alcohol motifs (C(OH)–C–C–N with tert-alkyl or cyclic N) is 1. The summed E-state index contributed by atoms with van der Waals surface area (Å²) in [6, 6.07) is 16.2. The van der Waals surface area contributed by atoms with Crippen molar-refractivity contribution in [3.63, 3.8) is 0 Å². The molecule has 3 N–H and O–H groups in total. The maximum atomic E-state index is 10.6. The monoisotopic (exact) mass is 436 g/mol. The van der Waals surface area contributed by atoms with Crippen molar-refractivity contribution in [2.24, 2.45) is 0 Å². The Labute approximate surface area is 185 Å². The molecule has 0 radical (unpaired) electrons. The number of aromatic hydroxyl groups is 1. The third-order valence-electron chi connectivity index (χ3n) is 6.41. The molecule has 6 heteroatoms. The van der Waals surface area contributed by atoms with Crippen molar-refractivity contribution in [3.05, 3.63) is 59.6 Å². The number of ether oxygens (including phenoxy) is 1. The largest absolute Gasteiger partial charge is 0.507 e. The molecule has 4 aromatic rings. The molecular weight excluding hydrogens is 408 g/mol. The molecule has 0 bridgehead atoms. The van der Waals surface area contributed by atoms with Crippen LogP contribution in [-0.4, -0.2) is 51.9 Å². The van der Waals surface area contributed by atoms with Crippen molar-refractivity contribution in [3.8, 4) is 11.5 Å². The highest BCUT2D eigenvalue weighted by atomic mass is 32.1. The molecule has 2 aromatic carbocycles. The highest BCUT2D eigenvalue weighted by Crippen LogP contribution is 2.40. The van der Waals surface area contributed by atoms with E-state index in [-0.39, 0.29) is 6.61 Å². The Morgan fingerprint density at radius 3 is 2.90 bits per heavy atom. The van der Waals surface area contributed by atoms with Gasteiger partial charge in [0.1, 0.15) is 24.2 Å². The predicted molar refractivity (Wildman–Crippen MR) is 126 cm³/mol. The van der Waals surface area contributed by atoms with E-state index >= 15 is 0 Å². The van der Waals surface area contributed by atoms with Gasteiger partial charge in [-0.15, -0.1) is 11.3 Å². The van der Waals surface area contributed by atoms with Crippen LogP contribution in [0.4, 0.5) is 0 Å². The normalized spacial score (nSPS) is 21.0. The second-order valence-corrected chi connectivity index (χ2v) is 9.68. The van der Waals surface area contributed by atoms with Gasteiger partial charge in [-0.3, -0.25) is 4.90 Å². The minimum absolute atomic E-state index is 0.284. The van der Waals surface area contributed by atoms with Gasteiger partial charge >= 0.3 is 0 Å². The number of phenols is 1. The number of likely N-dealkylation sites (tertiary alicyclic amines) is 1. The van der Waals surface area contributed by atoms with Gasteiger partial charge in [-0.2, -0.15) is 0 Å². The lowest BCUT2D eigenvalue weighted by atomic mass is 9.90. The summed E-state index contributed by atoms with van der Waals surface area (Å²) in [5.74, 6) is 1.67. The SMILES string of the molecule is CC1CC(c2cc3c(O)cccc3s2)CCN1CC(O)COc1cccc2[nH]ccc12. The van der Waals surface area contributed by atoms with E-state index in [2.05, 4.69) is 28.9 Å². The summed E-state index contributed by atoms with van der Waals surface area (Å²) < 4.78 is 7.08. The van der Waals surface area contributed by atoms with Crippen molar-refractivity contribution in [1.82, 2.24) is 9.88 Å². The first-order chi connectivity index (χ1) is 15.1. The lowest BCUT2D eigenvalue weighted by Crippen LogP contribution is -2.45. The van der Waals surface area contributed by atoms with Crippen LogP contribution in [0.3, 0.4) is 0 Å². The zero-order valence-electron chi connectivity index (χ0n) is 17.6. The first-order valence-electron chi connectivity index (χ1n) is 10.9. The number of thiophene rings is 1. The van der Waals surface area contributed by atoms with Gasteiger partial charge in [0.05, 0.1) is 0 Å². The smallest absolute Gasteiger partial charge is 0.128 e. The van der Waals surface area contributed by atoms with Gasteiger partial charge in [0.25, 0.3) is 0 Å². The van der Waals surface area contributed by atoms with Crippen LogP contribution < -0.4 is 4.74 Å². The number of rotatable bonds is 6. The van der Waals surface area contributed by atoms with Crippen molar-refractivity contribution < 1.29 is 14.9 Å². The van der Waals surface area contributed by atoms with Crippen molar-refractivity contribution in [2.45, 2.75) is 37.8 Å². The number of benzene rings is 2. The zero-order valence-corrected chi connectivity index (χ0v) is 18.4. The third kappa shape index (κ3) is 4.15. The van der Waals surface area contributed by atoms with Crippen LogP contribution >= 0.6 is 11.3 Å². The second kappa shape index (κ2) is 8.54. The zero-order chi connectivity index (χ0) is 21.4. The summed E-state index contributed by atoms with van der Waals surface area (Å²) in [7, 11) is 0. The van der Waals surface area contributed by atoms with Gasteiger partial charge in [0.15, 0.2) is 0 Å². The van der Waals surface area contributed by atoms with E-state index in [9.17, 15) is 10.2 Å². The van der Waals surface area contributed by atoms with E-state index in [1.54, 1.807) is 17.4 Å². The number of aromatic nitrogens is 1. The van der Waals surface area contributed by atoms with E-state index in [0.29, 0.717) is 24.3 Å². The van der Waals surface area contributed by atoms with Crippen LogP contribution in [0.1, 0.15) is 30.6 Å². The number of H-pyrrole nitrogens is 1. The standard InChI is InChI=1S/C25H28N2O3S/c1-16-12-17(25-13-20-22(29)5-3-7-24(20)31-25)9-11-27(16)14-18(28)15-30-23-6-2-4-21-19(23)8-10-26-21/h2-8,10,13,16-18,26,28-29H,9,11-12,14-15H2,1H3. The van der Waals surface area contributed by atoms with Crippen LogP contribution in [-0.2, 0) is 0 Å². The molecule has 1 saturated heterocycles. The topological polar surface area (TPSA) is 68.7 Å². The van der Waals surface area contributed by atoms with Crippen LogP contribution in [0.15, 0.2) is 54.7 Å². The molecule has 3 unspecified atom stereocenters. The molecule has 0 aliphatic carbocycles. The fraction of sp³-hybridized carbons (Fsp3) is 0.360. The lowest BCUT2D eigenvalue weighted by molar-refractivity contribution is 0.0408. The Kier molecular flexibility index (Phi) is 5.61. The number of aromatic amines is 1. The highest BCUT2D eigenvalue weighted by molar-refractivity contribution is 7.19. The molecule has 3 heterocycles. The summed E-state index contributed by atoms with van der Waals surface area (Å²) >= 11 is 1.79. The van der Waals surface area contributed by atoms with E-state index in [1.807, 2.05) is 36.5 Å². The molecule has 5 nitrogen and oxygen atoms in total. The second-order valence-electron chi connectivity index (χ2n) is 8.56. The first kappa shape index (κ1) is 20.4. The van der Waals surface area contributed by atoms with E-state index in [0.717, 1.165) is 46.1 Å². The molecule has 1 aliphatic heterocycles. The number of hydrogen-bond acceptors (Lipinski definition) is 5. The van der Waals surface area contributed by atoms with E-state index in [1.165, 1.54) is 4.88 Å². The first-order valence-corrected chi connectivity index (χ1v) is 11.7. The highest BCUT2D eigenvalue weighted by Gasteiger charge is 2.29. The molecular formula is C25H28N2O3S. The number of piperidine rings is 1. The van der Waals surface area contributed by atoms with E-state index in [4.69, 9.17) is 4.74 Å². The van der Waals surface area contributed by atoms with Crippen molar-refractivity contribution >= 4 is 32.3 Å². The third-order valence-corrected chi connectivity index (χ3v) is 7.67. The Bertz CT molecular complexity index is 1180. The van der Waals surface area contributed by atoms with Crippen molar-refractivity contribution in [1.29, 1.82) is 0 Å². The molecule has 0 amide bonds. The van der Waals surface area contributed by atoms with Crippen LogP contribution in [0.5, 0.6) is 11.5 Å². The molecule has 5 rings (SSSR count). The van der Waals surface area contributed by atoms with Gasteiger partial charge in [0, 0.05) is 44.6 Å². The maximum absolute atomic E-state index is 10.6. The minimum atomic E-state index is -0.533. The lowest BCUT2D eigenvalue weighted by Gasteiger charge is -2.38. The van der Waals surface area contributed by atoms with Gasteiger partial charge < -0.3 is 19.9 Å². The molecule has 0 saturated carbocycles. The molecule has 3 atom stereocenters. The maximum Gasteiger partial charge on any atom is 0.128 e. The van der Waals surface area contributed by atoms with E-state index < -0.39 is 6.10 Å². The average Bonchev–Trinajstić information content (AvgIpc) is 3.41. The number of aliphatic hydroxyl groups excluding tert-OH is 1. The summed E-state index contributed by atoms with van der Waals surface area (Å²) in [6.45, 7) is 4.10. The Balaban J connectivity index is 1.18. The summed E-state index contributed by atoms with van der Waals surface area (Å²) in [5.41, 5.74) is 1.04. The number of aliphatic hydroxyl groups is 1. The number of phenolic OH excluding ortho intramolecular Hbond substituents is 1.